The summed E-state index contributed by atoms with van der Waals surface area (Å²) in [5.41, 5.74) is 1.69. The van der Waals surface area contributed by atoms with E-state index in [0.29, 0.717) is 12.0 Å². The number of ether oxygens (including phenoxy) is 1. The zero-order valence-corrected chi connectivity index (χ0v) is 13.0. The Labute approximate surface area is 135 Å². The fraction of sp³-hybridized carbons (Fsp3) is 0.471. The van der Waals surface area contributed by atoms with E-state index in [2.05, 4.69) is 25.6 Å². The van der Waals surface area contributed by atoms with Crippen molar-refractivity contribution in [3.63, 3.8) is 0 Å². The third-order valence-corrected chi connectivity index (χ3v) is 4.10. The molecule has 6 heteroatoms. The van der Waals surface area contributed by atoms with Crippen LogP contribution in [0.3, 0.4) is 0 Å². The van der Waals surface area contributed by atoms with Gasteiger partial charge >= 0.3 is 0 Å². The number of hydrogen-bond donors (Lipinski definition) is 2. The highest BCUT2D eigenvalue weighted by molar-refractivity contribution is 5.61. The number of hydrogen-bond acceptors (Lipinski definition) is 6. The molecule has 2 aliphatic rings. The number of nitrogens with zero attached hydrogens (tertiary/aromatic N) is 3. The van der Waals surface area contributed by atoms with Crippen LogP contribution in [0.2, 0.25) is 0 Å². The Bertz CT molecular complexity index is 653. The molecule has 0 radical (unpaired) electrons. The summed E-state index contributed by atoms with van der Waals surface area (Å²) >= 11 is 0. The third-order valence-electron chi connectivity index (χ3n) is 4.10. The molecule has 1 atom stereocenters. The first-order valence-corrected chi connectivity index (χ1v) is 8.29. The summed E-state index contributed by atoms with van der Waals surface area (Å²) in [6, 6.07) is 8.31. The molecule has 0 bridgehead atoms. The molecule has 0 aromatic carbocycles. The Hall–Kier alpha value is -2.21. The van der Waals surface area contributed by atoms with Crippen LogP contribution in [0.1, 0.15) is 25.7 Å². The molecule has 2 aromatic heterocycles. The molecular weight excluding hydrogens is 290 g/mol. The van der Waals surface area contributed by atoms with Gasteiger partial charge in [-0.05, 0) is 37.8 Å². The molecule has 6 nitrogen and oxygen atoms in total. The lowest BCUT2D eigenvalue weighted by atomic mass is 10.2. The first-order valence-electron chi connectivity index (χ1n) is 8.29. The average molecular weight is 311 g/mol. The van der Waals surface area contributed by atoms with Gasteiger partial charge in [0.1, 0.15) is 5.82 Å². The van der Waals surface area contributed by atoms with Crippen molar-refractivity contribution in [1.29, 1.82) is 0 Å². The van der Waals surface area contributed by atoms with Gasteiger partial charge in [-0.3, -0.25) is 4.98 Å². The van der Waals surface area contributed by atoms with Crippen LogP contribution in [0.5, 0.6) is 0 Å². The smallest absolute Gasteiger partial charge is 0.225 e. The van der Waals surface area contributed by atoms with Gasteiger partial charge in [-0.25, -0.2) is 4.98 Å². The first kappa shape index (κ1) is 14.4. The van der Waals surface area contributed by atoms with Crippen molar-refractivity contribution in [2.45, 2.75) is 37.8 Å². The molecular formula is C17H21N5O. The molecule has 3 heterocycles. The van der Waals surface area contributed by atoms with Crippen molar-refractivity contribution < 1.29 is 4.74 Å². The Morgan fingerprint density at radius 2 is 2.09 bits per heavy atom. The summed E-state index contributed by atoms with van der Waals surface area (Å²) in [6.07, 6.45) is 6.70. The maximum atomic E-state index is 5.66. The Kier molecular flexibility index (Phi) is 4.06. The van der Waals surface area contributed by atoms with Gasteiger partial charge in [0, 0.05) is 31.5 Å². The Morgan fingerprint density at radius 3 is 2.83 bits per heavy atom. The monoisotopic (exact) mass is 311 g/mol. The lowest BCUT2D eigenvalue weighted by Gasteiger charge is -2.13. The zero-order chi connectivity index (χ0) is 15.5. The minimum absolute atomic E-state index is 0.281. The van der Waals surface area contributed by atoms with E-state index in [1.807, 2.05) is 24.3 Å². The Morgan fingerprint density at radius 1 is 1.13 bits per heavy atom. The fourth-order valence-electron chi connectivity index (χ4n) is 2.68. The topological polar surface area (TPSA) is 72.0 Å². The highest BCUT2D eigenvalue weighted by Gasteiger charge is 2.23. The predicted octanol–water partition coefficient (Wildman–Crippen LogP) is 2.70. The van der Waals surface area contributed by atoms with E-state index in [0.717, 1.165) is 43.2 Å². The number of rotatable bonds is 6. The van der Waals surface area contributed by atoms with Gasteiger partial charge in [0.15, 0.2) is 0 Å². The molecule has 1 saturated heterocycles. The normalized spacial score (nSPS) is 20.4. The van der Waals surface area contributed by atoms with E-state index in [4.69, 9.17) is 4.74 Å². The van der Waals surface area contributed by atoms with Gasteiger partial charge in [0.05, 0.1) is 17.5 Å². The molecule has 1 saturated carbocycles. The standard InChI is InChI=1S/C17H21N5O/c1-2-8-18-14(5-1)15-10-16(19-11-13-4-3-9-23-13)22-17(21-15)20-12-6-7-12/h1-2,5,8,10,12-13H,3-4,6-7,9,11H2,(H2,19,20,21,22)/t13-/m0/s1. The second-order valence-electron chi connectivity index (χ2n) is 6.11. The van der Waals surface area contributed by atoms with E-state index in [-0.39, 0.29) is 6.10 Å². The number of aromatic nitrogens is 3. The van der Waals surface area contributed by atoms with Crippen LogP contribution in [0.4, 0.5) is 11.8 Å². The second-order valence-corrected chi connectivity index (χ2v) is 6.11. The summed E-state index contributed by atoms with van der Waals surface area (Å²) < 4.78 is 5.66. The fourth-order valence-corrected chi connectivity index (χ4v) is 2.68. The van der Waals surface area contributed by atoms with Crippen molar-refractivity contribution >= 4 is 11.8 Å². The van der Waals surface area contributed by atoms with Crippen LogP contribution in [0.25, 0.3) is 11.4 Å². The van der Waals surface area contributed by atoms with Crippen LogP contribution >= 0.6 is 0 Å². The van der Waals surface area contributed by atoms with Crippen LogP contribution in [0.15, 0.2) is 30.5 Å². The van der Waals surface area contributed by atoms with Gasteiger partial charge < -0.3 is 15.4 Å². The lowest BCUT2D eigenvalue weighted by molar-refractivity contribution is 0.120. The Balaban J connectivity index is 1.55. The number of nitrogens with one attached hydrogen (secondary N) is 2. The predicted molar refractivity (Wildman–Crippen MR) is 89.4 cm³/mol. The van der Waals surface area contributed by atoms with E-state index in [1.54, 1.807) is 6.20 Å². The molecule has 0 spiro atoms. The molecule has 2 fully saturated rings. The van der Waals surface area contributed by atoms with E-state index >= 15 is 0 Å². The molecule has 120 valence electrons. The molecule has 4 rings (SSSR count). The molecule has 23 heavy (non-hydrogen) atoms. The summed E-state index contributed by atoms with van der Waals surface area (Å²) in [5, 5.41) is 6.76. The molecule has 2 N–H and O–H groups in total. The first-order chi connectivity index (χ1) is 11.4. The molecule has 1 aliphatic heterocycles. The highest BCUT2D eigenvalue weighted by atomic mass is 16.5. The van der Waals surface area contributed by atoms with E-state index < -0.39 is 0 Å². The van der Waals surface area contributed by atoms with Crippen molar-refractivity contribution in [2.75, 3.05) is 23.8 Å². The van der Waals surface area contributed by atoms with E-state index in [9.17, 15) is 0 Å². The van der Waals surface area contributed by atoms with Gasteiger partial charge in [-0.2, -0.15) is 4.98 Å². The minimum atomic E-state index is 0.281. The summed E-state index contributed by atoms with van der Waals surface area (Å²) in [5.74, 6) is 1.49. The van der Waals surface area contributed by atoms with Crippen LogP contribution < -0.4 is 10.6 Å². The zero-order valence-electron chi connectivity index (χ0n) is 13.0. The quantitative estimate of drug-likeness (QED) is 0.854. The largest absolute Gasteiger partial charge is 0.376 e. The van der Waals surface area contributed by atoms with Crippen LogP contribution in [0, 0.1) is 0 Å². The molecule has 0 unspecified atom stereocenters. The van der Waals surface area contributed by atoms with Crippen LogP contribution in [-0.4, -0.2) is 40.2 Å². The average Bonchev–Trinajstić information content (AvgIpc) is 3.25. The maximum Gasteiger partial charge on any atom is 0.225 e. The molecule has 1 aliphatic carbocycles. The molecule has 0 amide bonds. The minimum Gasteiger partial charge on any atom is -0.376 e. The third kappa shape index (κ3) is 3.76. The SMILES string of the molecule is c1ccc(-c2cc(NC[C@@H]3CCCO3)nc(NC3CC3)n2)nc1. The van der Waals surface area contributed by atoms with Crippen molar-refractivity contribution in [3.8, 4) is 11.4 Å². The second kappa shape index (κ2) is 6.50. The number of pyridine rings is 1. The van der Waals surface area contributed by atoms with Gasteiger partial charge in [-0.1, -0.05) is 6.07 Å². The highest BCUT2D eigenvalue weighted by Crippen LogP contribution is 2.26. The lowest BCUT2D eigenvalue weighted by Crippen LogP contribution is -2.19. The summed E-state index contributed by atoms with van der Waals surface area (Å²) in [6.45, 7) is 1.64. The maximum absolute atomic E-state index is 5.66. The summed E-state index contributed by atoms with van der Waals surface area (Å²) in [7, 11) is 0. The van der Waals surface area contributed by atoms with Crippen LogP contribution in [-0.2, 0) is 4.74 Å². The van der Waals surface area contributed by atoms with Crippen molar-refractivity contribution in [3.05, 3.63) is 30.5 Å². The summed E-state index contributed by atoms with van der Waals surface area (Å²) in [4.78, 5) is 13.6. The molecule has 2 aromatic rings. The van der Waals surface area contributed by atoms with Gasteiger partial charge in [-0.15, -0.1) is 0 Å². The number of anilines is 2. The van der Waals surface area contributed by atoms with Gasteiger partial charge in [0.2, 0.25) is 5.95 Å². The van der Waals surface area contributed by atoms with E-state index in [1.165, 1.54) is 12.8 Å². The van der Waals surface area contributed by atoms with Crippen molar-refractivity contribution in [1.82, 2.24) is 15.0 Å². The van der Waals surface area contributed by atoms with Crippen molar-refractivity contribution in [2.24, 2.45) is 0 Å². The van der Waals surface area contributed by atoms with Gasteiger partial charge in [0.25, 0.3) is 0 Å².